The van der Waals surface area contributed by atoms with Crippen LogP contribution in [0.2, 0.25) is 0 Å². The maximum atomic E-state index is 13.2. The van der Waals surface area contributed by atoms with Gasteiger partial charge in [0, 0.05) is 6.42 Å². The molecule has 1 aromatic carbocycles. The van der Waals surface area contributed by atoms with Crippen LogP contribution < -0.4 is 4.90 Å². The molecule has 1 unspecified atom stereocenters. The second kappa shape index (κ2) is 6.87. The molecule has 2 amide bonds. The number of nitriles is 1. The Morgan fingerprint density at radius 3 is 2.64 bits per heavy atom. The number of carbonyl (C=O) groups excluding carboxylic acids is 2. The number of hydrogen-bond donors (Lipinski definition) is 1. The van der Waals surface area contributed by atoms with Gasteiger partial charge in [0.25, 0.3) is 0 Å². The summed E-state index contributed by atoms with van der Waals surface area (Å²) in [6, 6.07) is 4.22. The average Bonchev–Trinajstić information content (AvgIpc) is 3.10. The number of anilines is 1. The quantitative estimate of drug-likeness (QED) is 0.791. The van der Waals surface area contributed by atoms with E-state index in [4.69, 9.17) is 10.00 Å². The molecular formula is C19H19F3N2O4. The molecule has 0 saturated carbocycles. The lowest BCUT2D eigenvalue weighted by Crippen LogP contribution is -2.42. The molecule has 3 rings (SSSR count). The molecule has 0 aliphatic carbocycles. The summed E-state index contributed by atoms with van der Waals surface area (Å²) in [5, 5.41) is 18.9. The van der Waals surface area contributed by atoms with Crippen molar-refractivity contribution in [3.8, 4) is 6.07 Å². The summed E-state index contributed by atoms with van der Waals surface area (Å²) >= 11 is 0. The first kappa shape index (κ1) is 20.3. The van der Waals surface area contributed by atoms with E-state index in [9.17, 15) is 27.9 Å². The lowest BCUT2D eigenvalue weighted by molar-refractivity contribution is -0.138. The predicted octanol–water partition coefficient (Wildman–Crippen LogP) is 2.63. The van der Waals surface area contributed by atoms with Gasteiger partial charge in [0.05, 0.1) is 53.0 Å². The van der Waals surface area contributed by atoms with Crippen molar-refractivity contribution in [1.29, 1.82) is 5.26 Å². The van der Waals surface area contributed by atoms with Crippen molar-refractivity contribution in [2.75, 3.05) is 11.5 Å². The molecular weight excluding hydrogens is 377 g/mol. The molecule has 0 bridgehead atoms. The summed E-state index contributed by atoms with van der Waals surface area (Å²) in [7, 11) is 0. The maximum absolute atomic E-state index is 13.2. The molecule has 150 valence electrons. The largest absolute Gasteiger partial charge is 0.417 e. The number of hydrogen-bond acceptors (Lipinski definition) is 5. The molecule has 1 N–H and O–H groups in total. The van der Waals surface area contributed by atoms with Crippen molar-refractivity contribution in [3.05, 3.63) is 29.3 Å². The molecule has 2 aliphatic heterocycles. The van der Waals surface area contributed by atoms with Crippen LogP contribution >= 0.6 is 0 Å². The lowest BCUT2D eigenvalue weighted by Gasteiger charge is -2.31. The van der Waals surface area contributed by atoms with E-state index in [0.29, 0.717) is 12.5 Å². The van der Waals surface area contributed by atoms with Crippen molar-refractivity contribution in [3.63, 3.8) is 0 Å². The van der Waals surface area contributed by atoms with Gasteiger partial charge in [0.2, 0.25) is 11.8 Å². The van der Waals surface area contributed by atoms with E-state index in [0.717, 1.165) is 17.0 Å². The van der Waals surface area contributed by atoms with Crippen LogP contribution in [0.4, 0.5) is 18.9 Å². The van der Waals surface area contributed by atoms with Crippen molar-refractivity contribution in [2.24, 2.45) is 11.8 Å². The Labute approximate surface area is 159 Å². The SMILES string of the molecule is CC[C@@H](O)CC1(C)OC[C@@H]2C(=O)N(c3ccc(C#N)c(C(F)(F)F)c3)C(=O)[C@@H]21. The van der Waals surface area contributed by atoms with E-state index in [1.807, 2.05) is 0 Å². The fourth-order valence-electron chi connectivity index (χ4n) is 4.01. The highest BCUT2D eigenvalue weighted by molar-refractivity contribution is 6.22. The summed E-state index contributed by atoms with van der Waals surface area (Å²) < 4.78 is 45.4. The smallest absolute Gasteiger partial charge is 0.393 e. The number of benzene rings is 1. The van der Waals surface area contributed by atoms with Gasteiger partial charge in [0.1, 0.15) is 0 Å². The number of aliphatic hydroxyl groups excluding tert-OH is 1. The zero-order valence-electron chi connectivity index (χ0n) is 15.3. The Kier molecular flexibility index (Phi) is 4.98. The normalized spacial score (nSPS) is 28.4. The molecule has 28 heavy (non-hydrogen) atoms. The van der Waals surface area contributed by atoms with Crippen LogP contribution in [-0.2, 0) is 20.5 Å². The highest BCUT2D eigenvalue weighted by atomic mass is 19.4. The minimum atomic E-state index is -4.80. The van der Waals surface area contributed by atoms with Gasteiger partial charge in [-0.15, -0.1) is 0 Å². The number of halogens is 3. The van der Waals surface area contributed by atoms with Gasteiger partial charge in [-0.2, -0.15) is 18.4 Å². The Morgan fingerprint density at radius 1 is 1.39 bits per heavy atom. The Bertz CT molecular complexity index is 864. The van der Waals surface area contributed by atoms with Gasteiger partial charge in [-0.3, -0.25) is 9.59 Å². The van der Waals surface area contributed by atoms with Crippen molar-refractivity contribution < 1.29 is 32.6 Å². The van der Waals surface area contributed by atoms with E-state index < -0.39 is 52.7 Å². The Morgan fingerprint density at radius 2 is 2.07 bits per heavy atom. The molecule has 0 radical (unpaired) electrons. The van der Waals surface area contributed by atoms with Gasteiger partial charge in [-0.05, 0) is 31.5 Å². The summed E-state index contributed by atoms with van der Waals surface area (Å²) in [4.78, 5) is 26.5. The van der Waals surface area contributed by atoms with E-state index in [-0.39, 0.29) is 18.7 Å². The number of amides is 2. The Hall–Kier alpha value is -2.44. The third-order valence-electron chi connectivity index (χ3n) is 5.48. The van der Waals surface area contributed by atoms with Crippen LogP contribution in [0.1, 0.15) is 37.8 Å². The number of alkyl halides is 3. The number of carbonyl (C=O) groups is 2. The minimum Gasteiger partial charge on any atom is -0.393 e. The zero-order chi connectivity index (χ0) is 20.9. The second-order valence-electron chi connectivity index (χ2n) is 7.33. The summed E-state index contributed by atoms with van der Waals surface area (Å²) in [5.74, 6) is -2.99. The van der Waals surface area contributed by atoms with Gasteiger partial charge in [0.15, 0.2) is 0 Å². The molecule has 0 aromatic heterocycles. The Balaban J connectivity index is 1.99. The molecule has 1 aromatic rings. The van der Waals surface area contributed by atoms with Gasteiger partial charge >= 0.3 is 6.18 Å². The number of rotatable bonds is 4. The first-order valence-corrected chi connectivity index (χ1v) is 8.84. The number of aliphatic hydroxyl groups is 1. The first-order valence-electron chi connectivity index (χ1n) is 8.84. The fraction of sp³-hybridized carbons (Fsp3) is 0.526. The number of fused-ring (bicyclic) bond motifs is 1. The van der Waals surface area contributed by atoms with Crippen LogP contribution in [0.3, 0.4) is 0 Å². The van der Waals surface area contributed by atoms with Gasteiger partial charge in [-0.25, -0.2) is 4.90 Å². The van der Waals surface area contributed by atoms with Gasteiger partial charge in [-0.1, -0.05) is 6.92 Å². The topological polar surface area (TPSA) is 90.6 Å². The second-order valence-corrected chi connectivity index (χ2v) is 7.33. The fourth-order valence-corrected chi connectivity index (χ4v) is 4.01. The summed E-state index contributed by atoms with van der Waals surface area (Å²) in [5.41, 5.74) is -3.10. The maximum Gasteiger partial charge on any atom is 0.417 e. The first-order chi connectivity index (χ1) is 13.0. The molecule has 4 atom stereocenters. The van der Waals surface area contributed by atoms with Crippen molar-refractivity contribution in [2.45, 2.75) is 44.6 Å². The number of ether oxygens (including phenoxy) is 1. The monoisotopic (exact) mass is 396 g/mol. The third kappa shape index (κ3) is 3.16. The van der Waals surface area contributed by atoms with Crippen LogP contribution in [0.15, 0.2) is 18.2 Å². The van der Waals surface area contributed by atoms with Crippen LogP contribution in [0.25, 0.3) is 0 Å². The summed E-state index contributed by atoms with van der Waals surface area (Å²) in [6.45, 7) is 3.36. The average molecular weight is 396 g/mol. The third-order valence-corrected chi connectivity index (χ3v) is 5.48. The highest BCUT2D eigenvalue weighted by Gasteiger charge is 2.61. The molecule has 9 heteroatoms. The van der Waals surface area contributed by atoms with Crippen LogP contribution in [0, 0.1) is 23.2 Å². The van der Waals surface area contributed by atoms with E-state index >= 15 is 0 Å². The number of nitrogens with zero attached hydrogens (tertiary/aromatic N) is 2. The highest BCUT2D eigenvalue weighted by Crippen LogP contribution is 2.47. The van der Waals surface area contributed by atoms with E-state index in [2.05, 4.69) is 0 Å². The molecule has 2 aliphatic rings. The predicted molar refractivity (Wildman–Crippen MR) is 90.9 cm³/mol. The molecule has 2 saturated heterocycles. The van der Waals surface area contributed by atoms with Gasteiger partial charge < -0.3 is 9.84 Å². The van der Waals surface area contributed by atoms with Crippen molar-refractivity contribution in [1.82, 2.24) is 0 Å². The molecule has 6 nitrogen and oxygen atoms in total. The minimum absolute atomic E-state index is 0.0406. The molecule has 0 spiro atoms. The zero-order valence-corrected chi connectivity index (χ0v) is 15.3. The summed E-state index contributed by atoms with van der Waals surface area (Å²) in [6.07, 6.45) is -4.95. The van der Waals surface area contributed by atoms with E-state index in [1.54, 1.807) is 13.8 Å². The van der Waals surface area contributed by atoms with Crippen molar-refractivity contribution >= 4 is 17.5 Å². The molecule has 2 fully saturated rings. The standard InChI is InChI=1S/C19H19F3N2O4/c1-3-12(25)7-18(2)15-13(9-28-18)16(26)24(17(15)27)11-5-4-10(8-23)14(6-11)19(20,21)22/h4-6,12-13,15,25H,3,7,9H2,1-2H3/t12-,13+,15-,18?/m1/s1. The lowest BCUT2D eigenvalue weighted by atomic mass is 9.80. The van der Waals surface area contributed by atoms with Crippen LogP contribution in [0.5, 0.6) is 0 Å². The molecule has 2 heterocycles. The van der Waals surface area contributed by atoms with E-state index in [1.165, 1.54) is 6.07 Å². The number of imide groups is 1. The van der Waals surface area contributed by atoms with Crippen LogP contribution in [-0.4, -0.2) is 35.2 Å².